The van der Waals surface area contributed by atoms with E-state index >= 15 is 0 Å². The van der Waals surface area contributed by atoms with Crippen molar-refractivity contribution in [1.29, 1.82) is 0 Å². The van der Waals surface area contributed by atoms with E-state index in [0.717, 1.165) is 5.57 Å². The zero-order valence-electron chi connectivity index (χ0n) is 11.5. The van der Waals surface area contributed by atoms with Crippen LogP contribution in [0.4, 0.5) is 0 Å². The molecule has 0 saturated heterocycles. The maximum atomic E-state index is 12.1. The van der Waals surface area contributed by atoms with Crippen molar-refractivity contribution in [3.63, 3.8) is 0 Å². The minimum Gasteiger partial charge on any atom is -0.497 e. The van der Waals surface area contributed by atoms with E-state index in [2.05, 4.69) is 6.58 Å². The van der Waals surface area contributed by atoms with Crippen molar-refractivity contribution in [2.75, 3.05) is 7.11 Å². The fourth-order valence-corrected chi connectivity index (χ4v) is 1.87. The largest absolute Gasteiger partial charge is 0.497 e. The van der Waals surface area contributed by atoms with Crippen LogP contribution in [0.15, 0.2) is 58.4 Å². The SMILES string of the molecule is C=C(C)Cn1ccn(-c2ccc(OC)cc2)c(=O)c1=O. The van der Waals surface area contributed by atoms with Crippen molar-refractivity contribution in [2.24, 2.45) is 0 Å². The first kappa shape index (κ1) is 13.9. The topological polar surface area (TPSA) is 53.2 Å². The molecular weight excluding hydrogens is 256 g/mol. The van der Waals surface area contributed by atoms with E-state index in [1.807, 2.05) is 0 Å². The van der Waals surface area contributed by atoms with Crippen LogP contribution in [0.2, 0.25) is 0 Å². The second kappa shape index (κ2) is 5.61. The van der Waals surface area contributed by atoms with Gasteiger partial charge >= 0.3 is 11.1 Å². The highest BCUT2D eigenvalue weighted by atomic mass is 16.5. The van der Waals surface area contributed by atoms with E-state index in [1.54, 1.807) is 50.7 Å². The summed E-state index contributed by atoms with van der Waals surface area (Å²) in [6.45, 7) is 5.89. The standard InChI is InChI=1S/C15H16N2O3/c1-11(2)10-16-8-9-17(15(19)14(16)18)12-4-6-13(20-3)7-5-12/h4-9H,1,10H2,2-3H3. The molecule has 0 amide bonds. The number of methoxy groups -OCH3 is 1. The van der Waals surface area contributed by atoms with Gasteiger partial charge in [0.05, 0.1) is 7.11 Å². The predicted octanol–water partition coefficient (Wildman–Crippen LogP) is 1.58. The fourth-order valence-electron chi connectivity index (χ4n) is 1.87. The van der Waals surface area contributed by atoms with Crippen LogP contribution >= 0.6 is 0 Å². The van der Waals surface area contributed by atoms with Crippen LogP contribution in [0.5, 0.6) is 5.75 Å². The smallest absolute Gasteiger partial charge is 0.320 e. The van der Waals surface area contributed by atoms with Gasteiger partial charge in [-0.3, -0.25) is 14.2 Å². The summed E-state index contributed by atoms with van der Waals surface area (Å²) >= 11 is 0. The Kier molecular flexibility index (Phi) is 3.89. The van der Waals surface area contributed by atoms with E-state index in [1.165, 1.54) is 9.13 Å². The number of benzene rings is 1. The Labute approximate surface area is 116 Å². The van der Waals surface area contributed by atoms with Gasteiger partial charge in [0, 0.05) is 24.6 Å². The average molecular weight is 272 g/mol. The van der Waals surface area contributed by atoms with E-state index in [-0.39, 0.29) is 0 Å². The zero-order valence-corrected chi connectivity index (χ0v) is 11.5. The molecule has 2 rings (SSSR count). The summed E-state index contributed by atoms with van der Waals surface area (Å²) in [4.78, 5) is 24.1. The van der Waals surface area contributed by atoms with Crippen LogP contribution in [0.25, 0.3) is 5.69 Å². The molecule has 5 nitrogen and oxygen atoms in total. The van der Waals surface area contributed by atoms with Crippen LogP contribution < -0.4 is 15.9 Å². The Hall–Kier alpha value is -2.56. The lowest BCUT2D eigenvalue weighted by Gasteiger charge is -2.09. The first-order chi connectivity index (χ1) is 9.52. The van der Waals surface area contributed by atoms with Crippen LogP contribution in [0, 0.1) is 0 Å². The lowest BCUT2D eigenvalue weighted by molar-refractivity contribution is 0.414. The summed E-state index contributed by atoms with van der Waals surface area (Å²) < 4.78 is 7.73. The van der Waals surface area contributed by atoms with Crippen molar-refractivity contribution in [1.82, 2.24) is 9.13 Å². The molecular formula is C15H16N2O3. The molecule has 0 atom stereocenters. The highest BCUT2D eigenvalue weighted by Gasteiger charge is 2.06. The molecule has 0 aliphatic rings. The third-order valence-electron chi connectivity index (χ3n) is 2.85. The Morgan fingerprint density at radius 1 is 1.15 bits per heavy atom. The van der Waals surface area contributed by atoms with Gasteiger partial charge in [-0.2, -0.15) is 0 Å². The van der Waals surface area contributed by atoms with Crippen molar-refractivity contribution in [3.05, 3.63) is 69.5 Å². The summed E-state index contributed by atoms with van der Waals surface area (Å²) in [5, 5.41) is 0. The molecule has 0 aliphatic heterocycles. The Morgan fingerprint density at radius 2 is 1.80 bits per heavy atom. The highest BCUT2D eigenvalue weighted by molar-refractivity contribution is 5.37. The van der Waals surface area contributed by atoms with Crippen molar-refractivity contribution < 1.29 is 4.74 Å². The maximum Gasteiger partial charge on any atom is 0.320 e. The Balaban J connectivity index is 2.48. The third-order valence-corrected chi connectivity index (χ3v) is 2.85. The van der Waals surface area contributed by atoms with Crippen LogP contribution in [0.3, 0.4) is 0 Å². The molecule has 5 heteroatoms. The van der Waals surface area contributed by atoms with Crippen molar-refractivity contribution in [2.45, 2.75) is 13.5 Å². The van der Waals surface area contributed by atoms with E-state index in [0.29, 0.717) is 18.0 Å². The van der Waals surface area contributed by atoms with E-state index < -0.39 is 11.1 Å². The molecule has 0 N–H and O–H groups in total. The van der Waals surface area contributed by atoms with Gasteiger partial charge in [0.15, 0.2) is 0 Å². The number of nitrogens with zero attached hydrogens (tertiary/aromatic N) is 2. The third kappa shape index (κ3) is 2.71. The molecule has 104 valence electrons. The number of allylic oxidation sites excluding steroid dienone is 1. The molecule has 0 saturated carbocycles. The quantitative estimate of drug-likeness (QED) is 0.627. The lowest BCUT2D eigenvalue weighted by Crippen LogP contribution is -2.40. The number of hydrogen-bond donors (Lipinski definition) is 0. The predicted molar refractivity (Wildman–Crippen MR) is 77.7 cm³/mol. The minimum absolute atomic E-state index is 0.345. The minimum atomic E-state index is -0.584. The number of aromatic nitrogens is 2. The van der Waals surface area contributed by atoms with Crippen LogP contribution in [0.1, 0.15) is 6.92 Å². The van der Waals surface area contributed by atoms with Crippen LogP contribution in [-0.2, 0) is 6.54 Å². The van der Waals surface area contributed by atoms with Gasteiger partial charge in [0.2, 0.25) is 0 Å². The summed E-state index contributed by atoms with van der Waals surface area (Å²) in [6, 6.07) is 6.92. The molecule has 20 heavy (non-hydrogen) atoms. The summed E-state index contributed by atoms with van der Waals surface area (Å²) in [5.41, 5.74) is 0.286. The monoisotopic (exact) mass is 272 g/mol. The molecule has 1 aromatic carbocycles. The molecule has 0 radical (unpaired) electrons. The molecule has 1 aromatic heterocycles. The summed E-state index contributed by atoms with van der Waals surface area (Å²) in [5.74, 6) is 0.692. The van der Waals surface area contributed by atoms with Gasteiger partial charge in [0.1, 0.15) is 5.75 Å². The summed E-state index contributed by atoms with van der Waals surface area (Å²) in [7, 11) is 1.57. The maximum absolute atomic E-state index is 12.1. The van der Waals surface area contributed by atoms with Crippen molar-refractivity contribution in [3.8, 4) is 11.4 Å². The first-order valence-corrected chi connectivity index (χ1v) is 6.14. The van der Waals surface area contributed by atoms with Gasteiger partial charge in [-0.05, 0) is 31.2 Å². The van der Waals surface area contributed by atoms with Gasteiger partial charge in [-0.1, -0.05) is 12.2 Å². The van der Waals surface area contributed by atoms with Gasteiger partial charge < -0.3 is 9.30 Å². The zero-order chi connectivity index (χ0) is 14.7. The molecule has 0 bridgehead atoms. The van der Waals surface area contributed by atoms with Gasteiger partial charge in [-0.15, -0.1) is 0 Å². The van der Waals surface area contributed by atoms with E-state index in [9.17, 15) is 9.59 Å². The van der Waals surface area contributed by atoms with E-state index in [4.69, 9.17) is 4.74 Å². The Morgan fingerprint density at radius 3 is 2.35 bits per heavy atom. The molecule has 0 fully saturated rings. The number of hydrogen-bond acceptors (Lipinski definition) is 3. The molecule has 1 heterocycles. The van der Waals surface area contributed by atoms with Gasteiger partial charge in [-0.25, -0.2) is 0 Å². The normalized spacial score (nSPS) is 10.3. The molecule has 0 unspecified atom stereocenters. The summed E-state index contributed by atoms with van der Waals surface area (Å²) in [6.07, 6.45) is 3.16. The van der Waals surface area contributed by atoms with Gasteiger partial charge in [0.25, 0.3) is 0 Å². The second-order valence-electron chi connectivity index (χ2n) is 4.56. The van der Waals surface area contributed by atoms with Crippen molar-refractivity contribution >= 4 is 0 Å². The Bertz CT molecular complexity index is 739. The number of ether oxygens (including phenoxy) is 1. The lowest BCUT2D eigenvalue weighted by atomic mass is 10.3. The second-order valence-corrected chi connectivity index (χ2v) is 4.56. The average Bonchev–Trinajstić information content (AvgIpc) is 2.44. The highest BCUT2D eigenvalue weighted by Crippen LogP contribution is 2.13. The number of rotatable bonds is 4. The molecule has 0 spiro atoms. The van der Waals surface area contributed by atoms with Crippen LogP contribution in [-0.4, -0.2) is 16.2 Å². The molecule has 2 aromatic rings. The fraction of sp³-hybridized carbons (Fsp3) is 0.200. The molecule has 0 aliphatic carbocycles. The first-order valence-electron chi connectivity index (χ1n) is 6.14.